The minimum Gasteiger partial charge on any atom is -0.393 e. The summed E-state index contributed by atoms with van der Waals surface area (Å²) < 4.78 is 0. The largest absolute Gasteiger partial charge is 0.393 e. The van der Waals surface area contributed by atoms with E-state index in [0.717, 1.165) is 25.9 Å². The molecule has 1 unspecified atom stereocenters. The second-order valence-electron chi connectivity index (χ2n) is 3.16. The molecule has 12 heavy (non-hydrogen) atoms. The Hall–Kier alpha value is -0.190. The molecule has 1 atom stereocenters. The van der Waals surface area contributed by atoms with E-state index in [9.17, 15) is 0 Å². The van der Waals surface area contributed by atoms with Gasteiger partial charge in [0.25, 0.3) is 0 Å². The van der Waals surface area contributed by atoms with Crippen LogP contribution in [0.4, 0.5) is 0 Å². The van der Waals surface area contributed by atoms with Crippen LogP contribution < -0.4 is 5.73 Å². The molecule has 0 aromatic heterocycles. The fraction of sp³-hybridized carbons (Fsp3) is 0.875. The molecule has 0 aliphatic carbocycles. The van der Waals surface area contributed by atoms with Gasteiger partial charge in [-0.15, -0.1) is 0 Å². The average molecular weight is 190 g/mol. The molecule has 0 saturated carbocycles. The highest BCUT2D eigenvalue weighted by molar-refractivity contribution is 7.80. The number of thiocarbonyl (C=S) groups is 1. The van der Waals surface area contributed by atoms with Gasteiger partial charge in [-0.05, 0) is 20.4 Å². The zero-order chi connectivity index (χ0) is 9.56. The summed E-state index contributed by atoms with van der Waals surface area (Å²) in [7, 11) is 2.00. The molecule has 72 valence electrons. The maximum absolute atomic E-state index is 9.00. The zero-order valence-corrected chi connectivity index (χ0v) is 8.60. The van der Waals surface area contributed by atoms with Gasteiger partial charge in [-0.25, -0.2) is 0 Å². The van der Waals surface area contributed by atoms with Crippen LogP contribution in [0.3, 0.4) is 0 Å². The van der Waals surface area contributed by atoms with Crippen LogP contribution >= 0.6 is 12.2 Å². The lowest BCUT2D eigenvalue weighted by Crippen LogP contribution is -2.26. The van der Waals surface area contributed by atoms with Crippen molar-refractivity contribution in [2.24, 2.45) is 5.73 Å². The van der Waals surface area contributed by atoms with Crippen molar-refractivity contribution in [3.8, 4) is 0 Å². The third-order valence-corrected chi connectivity index (χ3v) is 1.87. The second kappa shape index (κ2) is 6.34. The fourth-order valence-corrected chi connectivity index (χ4v) is 0.911. The molecule has 0 aromatic carbocycles. The van der Waals surface area contributed by atoms with Gasteiger partial charge in [-0.1, -0.05) is 12.2 Å². The molecule has 3 nitrogen and oxygen atoms in total. The topological polar surface area (TPSA) is 49.5 Å². The van der Waals surface area contributed by atoms with E-state index in [1.54, 1.807) is 6.92 Å². The number of nitrogens with two attached hydrogens (primary N) is 1. The van der Waals surface area contributed by atoms with Crippen molar-refractivity contribution in [3.05, 3.63) is 0 Å². The van der Waals surface area contributed by atoms with Crippen molar-refractivity contribution in [3.63, 3.8) is 0 Å². The molecule has 0 spiro atoms. The van der Waals surface area contributed by atoms with Gasteiger partial charge < -0.3 is 15.7 Å². The van der Waals surface area contributed by atoms with Crippen molar-refractivity contribution in [2.45, 2.75) is 25.9 Å². The van der Waals surface area contributed by atoms with Gasteiger partial charge in [0.1, 0.15) is 0 Å². The molecule has 0 rings (SSSR count). The molecule has 0 amide bonds. The Balaban J connectivity index is 3.33. The van der Waals surface area contributed by atoms with Crippen molar-refractivity contribution in [1.82, 2.24) is 4.90 Å². The highest BCUT2D eigenvalue weighted by atomic mass is 32.1. The molecule has 0 aliphatic heterocycles. The van der Waals surface area contributed by atoms with Crippen LogP contribution in [-0.4, -0.2) is 41.2 Å². The smallest absolute Gasteiger partial charge is 0.0740 e. The number of aliphatic hydroxyl groups is 1. The Morgan fingerprint density at radius 1 is 1.58 bits per heavy atom. The predicted molar refractivity (Wildman–Crippen MR) is 55.2 cm³/mol. The van der Waals surface area contributed by atoms with Crippen molar-refractivity contribution in [1.29, 1.82) is 0 Å². The van der Waals surface area contributed by atoms with Crippen LogP contribution in [0, 0.1) is 0 Å². The Morgan fingerprint density at radius 3 is 2.58 bits per heavy atom. The van der Waals surface area contributed by atoms with E-state index in [4.69, 9.17) is 23.1 Å². The normalized spacial score (nSPS) is 13.3. The van der Waals surface area contributed by atoms with Gasteiger partial charge >= 0.3 is 0 Å². The van der Waals surface area contributed by atoms with Crippen LogP contribution in [-0.2, 0) is 0 Å². The van der Waals surface area contributed by atoms with Crippen molar-refractivity contribution >= 4 is 17.2 Å². The molecular weight excluding hydrogens is 172 g/mol. The van der Waals surface area contributed by atoms with Crippen LogP contribution in [0.5, 0.6) is 0 Å². The average Bonchev–Trinajstić information content (AvgIpc) is 1.96. The van der Waals surface area contributed by atoms with E-state index in [1.807, 2.05) is 7.05 Å². The molecule has 0 radical (unpaired) electrons. The lowest BCUT2D eigenvalue weighted by molar-refractivity contribution is 0.165. The summed E-state index contributed by atoms with van der Waals surface area (Å²) in [6, 6.07) is 0. The molecular formula is C8H18N2OS. The van der Waals surface area contributed by atoms with Crippen LogP contribution in [0.25, 0.3) is 0 Å². The van der Waals surface area contributed by atoms with E-state index >= 15 is 0 Å². The van der Waals surface area contributed by atoms with Gasteiger partial charge in [0.05, 0.1) is 11.1 Å². The summed E-state index contributed by atoms with van der Waals surface area (Å²) in [4.78, 5) is 2.67. The Labute approximate surface area is 79.5 Å². The van der Waals surface area contributed by atoms with E-state index < -0.39 is 0 Å². The number of rotatable bonds is 6. The molecule has 0 aliphatic rings. The Morgan fingerprint density at radius 2 is 2.17 bits per heavy atom. The predicted octanol–water partition coefficient (Wildman–Crippen LogP) is 0.365. The third kappa shape index (κ3) is 7.91. The monoisotopic (exact) mass is 190 g/mol. The molecule has 3 N–H and O–H groups in total. The van der Waals surface area contributed by atoms with Gasteiger partial charge in [0.15, 0.2) is 0 Å². The highest BCUT2D eigenvalue weighted by Gasteiger charge is 2.01. The van der Waals surface area contributed by atoms with Gasteiger partial charge in [-0.3, -0.25) is 0 Å². The lowest BCUT2D eigenvalue weighted by atomic mass is 10.2. The number of aliphatic hydroxyl groups excluding tert-OH is 1. The molecule has 0 heterocycles. The zero-order valence-electron chi connectivity index (χ0n) is 7.79. The first-order valence-corrected chi connectivity index (χ1v) is 4.58. The molecule has 4 heteroatoms. The summed E-state index contributed by atoms with van der Waals surface area (Å²) in [6.45, 7) is 3.56. The first kappa shape index (κ1) is 11.8. The molecule has 0 saturated heterocycles. The second-order valence-corrected chi connectivity index (χ2v) is 3.68. The van der Waals surface area contributed by atoms with Gasteiger partial charge in [-0.2, -0.15) is 0 Å². The first-order valence-electron chi connectivity index (χ1n) is 4.17. The molecule has 0 fully saturated rings. The van der Waals surface area contributed by atoms with E-state index in [1.165, 1.54) is 0 Å². The maximum Gasteiger partial charge on any atom is 0.0740 e. The molecule has 0 aromatic rings. The summed E-state index contributed by atoms with van der Waals surface area (Å²) >= 11 is 4.75. The van der Waals surface area contributed by atoms with Crippen molar-refractivity contribution < 1.29 is 5.11 Å². The quantitative estimate of drug-likeness (QED) is 0.594. The number of hydrogen-bond donors (Lipinski definition) is 2. The van der Waals surface area contributed by atoms with E-state index in [0.29, 0.717) is 4.99 Å². The third-order valence-electron chi connectivity index (χ3n) is 1.67. The number of hydrogen-bond acceptors (Lipinski definition) is 3. The van der Waals surface area contributed by atoms with Crippen LogP contribution in [0.2, 0.25) is 0 Å². The van der Waals surface area contributed by atoms with Crippen LogP contribution in [0.15, 0.2) is 0 Å². The van der Waals surface area contributed by atoms with E-state index in [2.05, 4.69) is 4.90 Å². The summed E-state index contributed by atoms with van der Waals surface area (Å²) in [5.41, 5.74) is 5.35. The standard InChI is InChI=1S/C8H18N2OS/c1-7(11)3-5-10(2)6-4-8(9)12/h7,11H,3-6H2,1-2H3,(H2,9,12). The highest BCUT2D eigenvalue weighted by Crippen LogP contribution is 1.94. The minimum absolute atomic E-state index is 0.225. The molecule has 0 bridgehead atoms. The summed E-state index contributed by atoms with van der Waals surface area (Å²) in [5.74, 6) is 0. The Kier molecular flexibility index (Phi) is 6.24. The first-order chi connectivity index (χ1) is 5.52. The summed E-state index contributed by atoms with van der Waals surface area (Å²) in [6.07, 6.45) is 1.33. The van der Waals surface area contributed by atoms with E-state index in [-0.39, 0.29) is 6.10 Å². The summed E-state index contributed by atoms with van der Waals surface area (Å²) in [5, 5.41) is 9.00. The number of nitrogens with zero attached hydrogens (tertiary/aromatic N) is 1. The van der Waals surface area contributed by atoms with Gasteiger partial charge in [0, 0.05) is 19.5 Å². The van der Waals surface area contributed by atoms with Crippen LogP contribution in [0.1, 0.15) is 19.8 Å². The van der Waals surface area contributed by atoms with Gasteiger partial charge in [0.2, 0.25) is 0 Å². The Bertz CT molecular complexity index is 139. The fourth-order valence-electron chi connectivity index (χ4n) is 0.820. The SMILES string of the molecule is CC(O)CCN(C)CCC(N)=S. The minimum atomic E-state index is -0.225. The lowest BCUT2D eigenvalue weighted by Gasteiger charge is -2.16. The van der Waals surface area contributed by atoms with Crippen molar-refractivity contribution in [2.75, 3.05) is 20.1 Å². The maximum atomic E-state index is 9.00.